The Balaban J connectivity index is 2.42. The van der Waals surface area contributed by atoms with Crippen molar-refractivity contribution in [2.45, 2.75) is 19.8 Å². The van der Waals surface area contributed by atoms with E-state index in [1.807, 2.05) is 21.1 Å². The van der Waals surface area contributed by atoms with Gasteiger partial charge in [-0.2, -0.15) is 0 Å². The first-order chi connectivity index (χ1) is 9.69. The third-order valence-electron chi connectivity index (χ3n) is 2.90. The van der Waals surface area contributed by atoms with Crippen molar-refractivity contribution in [2.24, 2.45) is 0 Å². The standard InChI is InChI=1S/C14H27N5O/c1-5-6-12-13(15-2)17-11-18-14(12)16-7-9-20-10-8-19(3)4/h11H,5-10H2,1-4H3,(H2,15,16,17,18). The first kappa shape index (κ1) is 16.7. The third kappa shape index (κ3) is 5.71. The lowest BCUT2D eigenvalue weighted by molar-refractivity contribution is 0.126. The molecule has 1 aromatic rings. The lowest BCUT2D eigenvalue weighted by atomic mass is 10.1. The van der Waals surface area contributed by atoms with E-state index in [-0.39, 0.29) is 0 Å². The van der Waals surface area contributed by atoms with Crippen LogP contribution < -0.4 is 10.6 Å². The summed E-state index contributed by atoms with van der Waals surface area (Å²) >= 11 is 0. The van der Waals surface area contributed by atoms with E-state index in [0.717, 1.165) is 49.7 Å². The highest BCUT2D eigenvalue weighted by atomic mass is 16.5. The van der Waals surface area contributed by atoms with Gasteiger partial charge in [0.15, 0.2) is 0 Å². The van der Waals surface area contributed by atoms with Gasteiger partial charge in [-0.1, -0.05) is 13.3 Å². The van der Waals surface area contributed by atoms with Gasteiger partial charge < -0.3 is 20.3 Å². The van der Waals surface area contributed by atoms with Gasteiger partial charge in [0.2, 0.25) is 0 Å². The molecule has 0 amide bonds. The molecule has 114 valence electrons. The lowest BCUT2D eigenvalue weighted by Gasteiger charge is -2.14. The molecule has 0 aliphatic carbocycles. The number of anilines is 2. The van der Waals surface area contributed by atoms with Gasteiger partial charge in [0, 0.05) is 25.7 Å². The fraction of sp³-hybridized carbons (Fsp3) is 0.714. The number of hydrogen-bond donors (Lipinski definition) is 2. The molecule has 0 radical (unpaired) electrons. The molecule has 1 rings (SSSR count). The van der Waals surface area contributed by atoms with Gasteiger partial charge in [0.05, 0.1) is 13.2 Å². The Morgan fingerprint density at radius 3 is 2.60 bits per heavy atom. The molecule has 0 fully saturated rings. The van der Waals surface area contributed by atoms with Crippen LogP contribution in [0.4, 0.5) is 11.6 Å². The van der Waals surface area contributed by atoms with Crippen molar-refractivity contribution in [2.75, 3.05) is 58.1 Å². The molecule has 1 aromatic heterocycles. The van der Waals surface area contributed by atoms with Gasteiger partial charge in [0.25, 0.3) is 0 Å². The molecule has 0 aliphatic rings. The van der Waals surface area contributed by atoms with Crippen LogP contribution in [-0.4, -0.2) is 62.3 Å². The summed E-state index contributed by atoms with van der Waals surface area (Å²) < 4.78 is 5.56. The average molecular weight is 281 g/mol. The zero-order chi connectivity index (χ0) is 14.8. The summed E-state index contributed by atoms with van der Waals surface area (Å²) in [6.07, 6.45) is 3.61. The van der Waals surface area contributed by atoms with Crippen LogP contribution in [0.3, 0.4) is 0 Å². The minimum atomic E-state index is 0.679. The van der Waals surface area contributed by atoms with Crippen LogP contribution in [0.25, 0.3) is 0 Å². The molecular weight excluding hydrogens is 254 g/mol. The fourth-order valence-corrected chi connectivity index (χ4v) is 1.86. The minimum absolute atomic E-state index is 0.679. The quantitative estimate of drug-likeness (QED) is 0.633. The molecule has 0 bridgehead atoms. The van der Waals surface area contributed by atoms with Crippen molar-refractivity contribution >= 4 is 11.6 Å². The predicted molar refractivity (Wildman–Crippen MR) is 83.4 cm³/mol. The van der Waals surface area contributed by atoms with Crippen LogP contribution in [0, 0.1) is 0 Å². The minimum Gasteiger partial charge on any atom is -0.378 e. The van der Waals surface area contributed by atoms with Gasteiger partial charge in [-0.25, -0.2) is 9.97 Å². The molecule has 0 atom stereocenters. The van der Waals surface area contributed by atoms with Crippen molar-refractivity contribution in [3.63, 3.8) is 0 Å². The number of aromatic nitrogens is 2. The first-order valence-corrected chi connectivity index (χ1v) is 7.17. The molecule has 1 heterocycles. The maximum absolute atomic E-state index is 5.56. The van der Waals surface area contributed by atoms with Crippen molar-refractivity contribution < 1.29 is 4.74 Å². The second-order valence-corrected chi connectivity index (χ2v) is 4.89. The SMILES string of the molecule is CCCc1c(NC)ncnc1NCCOCCN(C)C. The zero-order valence-electron chi connectivity index (χ0n) is 13.1. The summed E-state index contributed by atoms with van der Waals surface area (Å²) in [5.74, 6) is 1.81. The molecule has 20 heavy (non-hydrogen) atoms. The van der Waals surface area contributed by atoms with Crippen LogP contribution in [0.15, 0.2) is 6.33 Å². The van der Waals surface area contributed by atoms with Crippen molar-refractivity contribution in [3.8, 4) is 0 Å². The largest absolute Gasteiger partial charge is 0.378 e. The second kappa shape index (κ2) is 9.50. The Hall–Kier alpha value is -1.40. The Morgan fingerprint density at radius 2 is 1.95 bits per heavy atom. The Morgan fingerprint density at radius 1 is 1.20 bits per heavy atom. The maximum Gasteiger partial charge on any atom is 0.134 e. The molecule has 6 nitrogen and oxygen atoms in total. The number of rotatable bonds is 10. The summed E-state index contributed by atoms with van der Waals surface area (Å²) in [4.78, 5) is 10.7. The highest BCUT2D eigenvalue weighted by Crippen LogP contribution is 2.20. The number of nitrogens with one attached hydrogen (secondary N) is 2. The summed E-state index contributed by atoms with van der Waals surface area (Å²) in [7, 11) is 5.97. The third-order valence-corrected chi connectivity index (χ3v) is 2.90. The van der Waals surface area contributed by atoms with Gasteiger partial charge >= 0.3 is 0 Å². The van der Waals surface area contributed by atoms with Gasteiger partial charge in [-0.3, -0.25) is 0 Å². The number of hydrogen-bond acceptors (Lipinski definition) is 6. The molecule has 0 saturated carbocycles. The van der Waals surface area contributed by atoms with Crippen LogP contribution in [0.1, 0.15) is 18.9 Å². The number of nitrogens with zero attached hydrogens (tertiary/aromatic N) is 3. The normalized spacial score (nSPS) is 10.8. The lowest BCUT2D eigenvalue weighted by Crippen LogP contribution is -2.20. The van der Waals surface area contributed by atoms with E-state index in [4.69, 9.17) is 4.74 Å². The summed E-state index contributed by atoms with van der Waals surface area (Å²) in [5.41, 5.74) is 1.14. The zero-order valence-corrected chi connectivity index (χ0v) is 13.1. The molecular formula is C14H27N5O. The topological polar surface area (TPSA) is 62.3 Å². The van der Waals surface area contributed by atoms with E-state index in [2.05, 4.69) is 32.4 Å². The van der Waals surface area contributed by atoms with Gasteiger partial charge in [-0.05, 0) is 20.5 Å². The number of ether oxygens (including phenoxy) is 1. The summed E-state index contributed by atoms with van der Waals surface area (Å²) in [6.45, 7) is 5.28. The molecule has 0 saturated heterocycles. The predicted octanol–water partition coefficient (Wildman–Crippen LogP) is 1.46. The van der Waals surface area contributed by atoms with E-state index in [1.165, 1.54) is 0 Å². The van der Waals surface area contributed by atoms with E-state index >= 15 is 0 Å². The van der Waals surface area contributed by atoms with Crippen molar-refractivity contribution in [1.82, 2.24) is 14.9 Å². The Kier molecular flexibility index (Phi) is 7.91. The first-order valence-electron chi connectivity index (χ1n) is 7.17. The summed E-state index contributed by atoms with van der Waals surface area (Å²) in [5, 5.41) is 6.45. The van der Waals surface area contributed by atoms with Crippen LogP contribution in [0.5, 0.6) is 0 Å². The van der Waals surface area contributed by atoms with Crippen molar-refractivity contribution in [1.29, 1.82) is 0 Å². The molecule has 0 aromatic carbocycles. The molecule has 2 N–H and O–H groups in total. The van der Waals surface area contributed by atoms with Crippen molar-refractivity contribution in [3.05, 3.63) is 11.9 Å². The molecule has 0 unspecified atom stereocenters. The second-order valence-electron chi connectivity index (χ2n) is 4.89. The van der Waals surface area contributed by atoms with Crippen LogP contribution >= 0.6 is 0 Å². The molecule has 0 spiro atoms. The van der Waals surface area contributed by atoms with E-state index < -0.39 is 0 Å². The van der Waals surface area contributed by atoms with Gasteiger partial charge in [-0.15, -0.1) is 0 Å². The van der Waals surface area contributed by atoms with E-state index in [1.54, 1.807) is 6.33 Å². The highest BCUT2D eigenvalue weighted by Gasteiger charge is 2.08. The van der Waals surface area contributed by atoms with Crippen LogP contribution in [-0.2, 0) is 11.2 Å². The van der Waals surface area contributed by atoms with E-state index in [0.29, 0.717) is 6.61 Å². The molecule has 0 aliphatic heterocycles. The van der Waals surface area contributed by atoms with Crippen LogP contribution in [0.2, 0.25) is 0 Å². The fourth-order valence-electron chi connectivity index (χ4n) is 1.86. The monoisotopic (exact) mass is 281 g/mol. The van der Waals surface area contributed by atoms with E-state index in [9.17, 15) is 0 Å². The Labute approximate surface area is 121 Å². The molecule has 6 heteroatoms. The number of likely N-dealkylation sites (N-methyl/N-ethyl adjacent to an activating group) is 1. The van der Waals surface area contributed by atoms with Gasteiger partial charge in [0.1, 0.15) is 18.0 Å². The summed E-state index contributed by atoms with van der Waals surface area (Å²) in [6, 6.07) is 0. The average Bonchev–Trinajstić information content (AvgIpc) is 2.44. The highest BCUT2D eigenvalue weighted by molar-refractivity contribution is 5.57. The maximum atomic E-state index is 5.56. The Bertz CT molecular complexity index is 384. The smallest absolute Gasteiger partial charge is 0.134 e.